The van der Waals surface area contributed by atoms with Crippen LogP contribution in [0.4, 0.5) is 8.78 Å². The highest BCUT2D eigenvalue weighted by Crippen LogP contribution is 2.29. The third-order valence-electron chi connectivity index (χ3n) is 17.5. The van der Waals surface area contributed by atoms with Crippen molar-refractivity contribution in [2.75, 3.05) is 20.3 Å². The number of carbonyl (C=O) groups excluding carboxylic acids is 11. The van der Waals surface area contributed by atoms with Gasteiger partial charge in [-0.25, -0.2) is 13.8 Å². The molecule has 584 valence electrons. The summed E-state index contributed by atoms with van der Waals surface area (Å²) >= 11 is 0. The number of aliphatic carboxylic acids is 2. The van der Waals surface area contributed by atoms with Crippen molar-refractivity contribution >= 4 is 76.9 Å². The highest BCUT2D eigenvalue weighted by molar-refractivity contribution is 6.01. The van der Waals surface area contributed by atoms with Crippen molar-refractivity contribution < 1.29 is 101 Å². The predicted molar refractivity (Wildman–Crippen MR) is 387 cm³/mol. The van der Waals surface area contributed by atoms with Gasteiger partial charge in [0.1, 0.15) is 71.3 Å². The molecule has 11 amide bonds. The van der Waals surface area contributed by atoms with Gasteiger partial charge in [0.05, 0.1) is 57.7 Å². The van der Waals surface area contributed by atoms with Crippen LogP contribution in [0.2, 0.25) is 0 Å². The number of aliphatic hydroxyl groups is 3. The van der Waals surface area contributed by atoms with Crippen LogP contribution < -0.4 is 69.4 Å². The number of carboxylic acids is 2. The number of aromatic amines is 1. The number of aliphatic hydroxyl groups excluding tert-OH is 3. The van der Waals surface area contributed by atoms with Crippen molar-refractivity contribution in [3.05, 3.63) is 167 Å². The van der Waals surface area contributed by atoms with Crippen LogP contribution in [0.5, 0.6) is 5.75 Å². The van der Waals surface area contributed by atoms with Gasteiger partial charge in [0.15, 0.2) is 0 Å². The second kappa shape index (κ2) is 40.0. The fraction of sp³-hybridized carbons (Fsp3) is 0.378. The summed E-state index contributed by atoms with van der Waals surface area (Å²) in [5.74, 6) is -18.8. The lowest BCUT2D eigenvalue weighted by molar-refractivity contribution is -0.142. The highest BCUT2D eigenvalue weighted by Gasteiger charge is 2.43. The molecule has 1 heterocycles. The number of amides is 11. The molecule has 20 N–H and O–H groups in total. The summed E-state index contributed by atoms with van der Waals surface area (Å²) in [5, 5.41) is 74.2. The first-order chi connectivity index (χ1) is 51.5. The number of hydrogen-bond donors (Lipinski definition) is 18. The standard InChI is InChI=1S/C74H90F2N14O19/c1-8-43-28-47(109-7)24-25-49(43)45-22-18-42(19-23-45)27-55(68(103)83-54(64(78)99)26-41-16-20-44(21-17-41)48-13-10-9-12-37(48)2)85-69(104)57(31-61(97)98)86-70(105)58(35-91)87-71(106)62(39(4)92)89-73(108)74(6,32-50-51(75)14-11-15-52(50)76)90-72(107)63(40(5)93)88-59(94)34-80-67(102)56(30-60(95)96)84-65(100)38(3)82-66(101)53(77)29-46-33-79-36-81-46/h9-25,28,33,36,38-40,53-58,62-63,91-93H,8,26-27,29-32,34-35,77H2,1-7H3,(H2,78,99)(H,79,81)(H,80,102)(H,82,101)(H,83,103)(H,84,100)(H,85,104)(H,86,105)(H,87,106)(H,88,94)(H,89,108)(H,90,107)(H,95,96)(H,97,98)/t38-,39+,40+,53-,54-,55-,56-,57-,58-,62-,63-,74-/m0/s1. The van der Waals surface area contributed by atoms with E-state index in [9.17, 15) is 87.9 Å². The van der Waals surface area contributed by atoms with E-state index in [2.05, 4.69) is 63.1 Å². The lowest BCUT2D eigenvalue weighted by atomic mass is 9.89. The molecule has 35 heteroatoms. The molecule has 0 unspecified atom stereocenters. The Morgan fingerprint density at radius 2 is 1.11 bits per heavy atom. The number of imidazole rings is 1. The molecule has 0 saturated carbocycles. The zero-order valence-corrected chi connectivity index (χ0v) is 60.6. The molecule has 0 aliphatic rings. The van der Waals surface area contributed by atoms with Crippen molar-refractivity contribution in [2.45, 2.75) is 159 Å². The van der Waals surface area contributed by atoms with E-state index in [-0.39, 0.29) is 19.3 Å². The van der Waals surface area contributed by atoms with E-state index >= 15 is 8.78 Å². The number of methoxy groups -OCH3 is 1. The largest absolute Gasteiger partial charge is 0.497 e. The van der Waals surface area contributed by atoms with E-state index in [0.717, 1.165) is 72.4 Å². The van der Waals surface area contributed by atoms with E-state index in [1.54, 1.807) is 42.5 Å². The molecule has 0 aliphatic carbocycles. The number of ether oxygens (including phenoxy) is 1. The number of rotatable bonds is 40. The normalized spacial score (nSPS) is 14.7. The fourth-order valence-corrected chi connectivity index (χ4v) is 11.4. The fourth-order valence-electron chi connectivity index (χ4n) is 11.4. The minimum Gasteiger partial charge on any atom is -0.497 e. The van der Waals surface area contributed by atoms with Crippen LogP contribution in [0, 0.1) is 18.6 Å². The van der Waals surface area contributed by atoms with Crippen molar-refractivity contribution in [1.82, 2.24) is 63.1 Å². The summed E-state index contributed by atoms with van der Waals surface area (Å²) in [5.41, 5.74) is 15.2. The Morgan fingerprint density at radius 1 is 0.587 bits per heavy atom. The van der Waals surface area contributed by atoms with Gasteiger partial charge in [-0.05, 0) is 110 Å². The summed E-state index contributed by atoms with van der Waals surface area (Å²) < 4.78 is 36.4. The maximum absolute atomic E-state index is 15.5. The molecule has 5 aromatic carbocycles. The number of carbonyl (C=O) groups is 13. The maximum Gasteiger partial charge on any atom is 0.305 e. The molecule has 0 fully saturated rings. The number of benzene rings is 5. The van der Waals surface area contributed by atoms with Gasteiger partial charge in [-0.15, -0.1) is 0 Å². The van der Waals surface area contributed by atoms with Crippen LogP contribution in [-0.4, -0.2) is 205 Å². The zero-order valence-electron chi connectivity index (χ0n) is 60.6. The average Bonchev–Trinajstić information content (AvgIpc) is 0.957. The molecule has 0 aliphatic heterocycles. The van der Waals surface area contributed by atoms with Crippen LogP contribution in [0.1, 0.15) is 81.0 Å². The number of halogens is 2. The predicted octanol–water partition coefficient (Wildman–Crippen LogP) is -1.42. The molecule has 0 bridgehead atoms. The average molecular weight is 1520 g/mol. The topological polar surface area (TPSA) is 533 Å². The summed E-state index contributed by atoms with van der Waals surface area (Å²) in [7, 11) is 1.54. The smallest absolute Gasteiger partial charge is 0.305 e. The third kappa shape index (κ3) is 25.0. The lowest BCUT2D eigenvalue weighted by Gasteiger charge is -2.34. The van der Waals surface area contributed by atoms with E-state index in [0.29, 0.717) is 29.0 Å². The third-order valence-corrected chi connectivity index (χ3v) is 17.5. The summed E-state index contributed by atoms with van der Waals surface area (Å²) in [6.07, 6.45) is -4.32. The minimum atomic E-state index is -2.68. The van der Waals surface area contributed by atoms with Crippen LogP contribution in [0.3, 0.4) is 0 Å². The molecular formula is C74H90F2N14O19. The van der Waals surface area contributed by atoms with E-state index in [4.69, 9.17) is 16.2 Å². The number of primary amides is 1. The second-order valence-corrected chi connectivity index (χ2v) is 26.1. The van der Waals surface area contributed by atoms with E-state index < -0.39 is 199 Å². The molecule has 6 rings (SSSR count). The number of nitrogens with one attached hydrogen (secondary N) is 11. The SMILES string of the molecule is CCc1cc(OC)ccc1-c1ccc(C[C@H](NC(=O)[C@H](CC(=O)O)NC(=O)[C@H](CO)NC(=O)[C@@H](NC(=O)[C@](C)(Cc2c(F)cccc2F)NC(=O)[C@@H](NC(=O)CNC(=O)[C@H](CC(=O)O)NC(=O)[C@H](C)NC(=O)[C@@H](N)Cc2cnc[nH]2)[C@@H](C)O)[C@@H](C)O)C(=O)N[C@@H](Cc2ccc(-c3ccccc3C)cc2)C(N)=O)cc1. The molecule has 109 heavy (non-hydrogen) atoms. The van der Waals surface area contributed by atoms with Gasteiger partial charge in [-0.3, -0.25) is 62.3 Å². The van der Waals surface area contributed by atoms with Gasteiger partial charge in [-0.1, -0.05) is 91.9 Å². The van der Waals surface area contributed by atoms with Gasteiger partial charge in [0.25, 0.3) is 0 Å². The Labute approximate surface area is 624 Å². The number of hydrogen-bond acceptors (Lipinski definition) is 19. The number of aromatic nitrogens is 2. The highest BCUT2D eigenvalue weighted by atomic mass is 19.1. The minimum absolute atomic E-state index is 0.00873. The summed E-state index contributed by atoms with van der Waals surface area (Å²) in [6, 6.07) is 13.6. The van der Waals surface area contributed by atoms with Gasteiger partial charge >= 0.3 is 11.9 Å². The monoisotopic (exact) mass is 1520 g/mol. The number of aryl methyl sites for hydroxylation is 2. The van der Waals surface area contributed by atoms with Gasteiger partial charge in [0.2, 0.25) is 65.0 Å². The molecule has 1 aromatic heterocycles. The van der Waals surface area contributed by atoms with E-state index in [1.165, 1.54) is 26.6 Å². The Balaban J connectivity index is 1.18. The first-order valence-electron chi connectivity index (χ1n) is 34.3. The maximum atomic E-state index is 15.5. The van der Waals surface area contributed by atoms with E-state index in [1.807, 2.05) is 62.4 Å². The van der Waals surface area contributed by atoms with Crippen molar-refractivity contribution in [2.24, 2.45) is 11.5 Å². The summed E-state index contributed by atoms with van der Waals surface area (Å²) in [6.45, 7) is 5.47. The Kier molecular flexibility index (Phi) is 31.5. The molecule has 33 nitrogen and oxygen atoms in total. The molecule has 12 atom stereocenters. The van der Waals surface area contributed by atoms with Crippen LogP contribution >= 0.6 is 0 Å². The zero-order chi connectivity index (χ0) is 80.6. The Hall–Kier alpha value is -12.1. The number of H-pyrrole nitrogens is 1. The molecule has 0 radical (unpaired) electrons. The van der Waals surface area contributed by atoms with Crippen molar-refractivity contribution in [3.8, 4) is 28.0 Å². The van der Waals surface area contributed by atoms with Crippen LogP contribution in [0.25, 0.3) is 22.3 Å². The number of nitrogens with two attached hydrogens (primary N) is 2. The van der Waals surface area contributed by atoms with Crippen molar-refractivity contribution in [3.63, 3.8) is 0 Å². The van der Waals surface area contributed by atoms with Gasteiger partial charge < -0.3 is 99.9 Å². The molecule has 0 spiro atoms. The summed E-state index contributed by atoms with van der Waals surface area (Å²) in [4.78, 5) is 182. The Bertz CT molecular complexity index is 4240. The molecule has 0 saturated heterocycles. The number of carboxylic acid groups (broad SMARTS) is 2. The quantitative estimate of drug-likeness (QED) is 0.0210. The molecule has 6 aromatic rings. The van der Waals surface area contributed by atoms with Gasteiger partial charge in [0, 0.05) is 43.1 Å². The molecular weight excluding hydrogens is 1430 g/mol. The van der Waals surface area contributed by atoms with Crippen LogP contribution in [0.15, 0.2) is 122 Å². The number of nitrogens with zero attached hydrogens (tertiary/aromatic N) is 1. The van der Waals surface area contributed by atoms with Gasteiger partial charge in [-0.2, -0.15) is 0 Å². The van der Waals surface area contributed by atoms with Crippen LogP contribution in [-0.2, 0) is 94.4 Å². The first-order valence-corrected chi connectivity index (χ1v) is 34.3. The Morgan fingerprint density at radius 3 is 1.65 bits per heavy atom. The van der Waals surface area contributed by atoms with Crippen molar-refractivity contribution in [1.29, 1.82) is 0 Å². The first kappa shape index (κ1) is 85.8. The lowest BCUT2D eigenvalue weighted by Crippen LogP contribution is -2.67. The second-order valence-electron chi connectivity index (χ2n) is 26.1.